The molecular weight excluding hydrogens is 300 g/mol. The first kappa shape index (κ1) is 16.2. The molecule has 3 rings (SSSR count). The molecule has 1 saturated heterocycles. The van der Waals surface area contributed by atoms with Crippen LogP contribution in [0.2, 0.25) is 0 Å². The molecule has 0 saturated carbocycles. The van der Waals surface area contributed by atoms with Gasteiger partial charge in [0, 0.05) is 12.2 Å². The Hall–Kier alpha value is -2.62. The van der Waals surface area contributed by atoms with Gasteiger partial charge in [-0.05, 0) is 38.0 Å². The van der Waals surface area contributed by atoms with E-state index in [9.17, 15) is 9.59 Å². The molecule has 0 bridgehead atoms. The molecule has 1 N–H and O–H groups in total. The lowest BCUT2D eigenvalue weighted by Crippen LogP contribution is -2.42. The van der Waals surface area contributed by atoms with E-state index in [1.807, 2.05) is 62.4 Å². The van der Waals surface area contributed by atoms with E-state index in [4.69, 9.17) is 0 Å². The predicted molar refractivity (Wildman–Crippen MR) is 95.0 cm³/mol. The predicted octanol–water partition coefficient (Wildman–Crippen LogP) is 2.77. The molecule has 0 aliphatic carbocycles. The van der Waals surface area contributed by atoms with Gasteiger partial charge < -0.3 is 10.2 Å². The van der Waals surface area contributed by atoms with Crippen molar-refractivity contribution in [3.05, 3.63) is 65.2 Å². The second-order valence-corrected chi connectivity index (χ2v) is 6.40. The Kier molecular flexibility index (Phi) is 4.65. The second-order valence-electron chi connectivity index (χ2n) is 6.40. The molecule has 124 valence electrons. The van der Waals surface area contributed by atoms with Crippen molar-refractivity contribution in [3.63, 3.8) is 0 Å². The fraction of sp³-hybridized carbons (Fsp3) is 0.300. The molecule has 2 amide bonds. The first-order chi connectivity index (χ1) is 11.5. The average Bonchev–Trinajstić information content (AvgIpc) is 2.91. The van der Waals surface area contributed by atoms with Gasteiger partial charge in [-0.1, -0.05) is 47.5 Å². The summed E-state index contributed by atoms with van der Waals surface area (Å²) in [4.78, 5) is 26.5. The van der Waals surface area contributed by atoms with E-state index < -0.39 is 6.04 Å². The average molecular weight is 322 g/mol. The fourth-order valence-corrected chi connectivity index (χ4v) is 2.93. The monoisotopic (exact) mass is 322 g/mol. The molecule has 0 radical (unpaired) electrons. The topological polar surface area (TPSA) is 49.4 Å². The van der Waals surface area contributed by atoms with Gasteiger partial charge in [0.1, 0.15) is 6.04 Å². The number of amides is 2. The van der Waals surface area contributed by atoms with Crippen LogP contribution in [0.25, 0.3) is 0 Å². The number of aryl methyl sites for hydroxylation is 2. The first-order valence-electron chi connectivity index (χ1n) is 8.26. The number of nitrogens with zero attached hydrogens (tertiary/aromatic N) is 1. The summed E-state index contributed by atoms with van der Waals surface area (Å²) in [7, 11) is 0. The molecule has 2 aromatic rings. The lowest BCUT2D eigenvalue weighted by atomic mass is 10.1. The Morgan fingerprint density at radius 1 is 1.04 bits per heavy atom. The molecule has 1 unspecified atom stereocenters. The molecule has 2 aromatic carbocycles. The zero-order valence-corrected chi connectivity index (χ0v) is 14.1. The van der Waals surface area contributed by atoms with Crippen molar-refractivity contribution in [2.45, 2.75) is 32.7 Å². The Bertz CT molecular complexity index is 735. The van der Waals surface area contributed by atoms with Gasteiger partial charge in [-0.3, -0.25) is 9.59 Å². The van der Waals surface area contributed by atoms with Crippen molar-refractivity contribution in [1.82, 2.24) is 5.32 Å². The van der Waals surface area contributed by atoms with E-state index >= 15 is 0 Å². The quantitative estimate of drug-likeness (QED) is 0.941. The van der Waals surface area contributed by atoms with Crippen LogP contribution in [-0.2, 0) is 16.0 Å². The Morgan fingerprint density at radius 3 is 2.25 bits per heavy atom. The number of anilines is 1. The molecule has 1 atom stereocenters. The molecule has 1 fully saturated rings. The molecule has 0 aromatic heterocycles. The van der Waals surface area contributed by atoms with Crippen LogP contribution in [0.15, 0.2) is 48.5 Å². The molecule has 4 heteroatoms. The van der Waals surface area contributed by atoms with E-state index in [1.165, 1.54) is 5.56 Å². The number of benzene rings is 2. The smallest absolute Gasteiger partial charge is 0.249 e. The summed E-state index contributed by atoms with van der Waals surface area (Å²) in [6, 6.07) is 15.3. The van der Waals surface area contributed by atoms with Crippen molar-refractivity contribution >= 4 is 17.5 Å². The van der Waals surface area contributed by atoms with Crippen molar-refractivity contribution in [2.24, 2.45) is 0 Å². The van der Waals surface area contributed by atoms with Crippen molar-refractivity contribution in [1.29, 1.82) is 0 Å². The summed E-state index contributed by atoms with van der Waals surface area (Å²) in [5, 5.41) is 2.87. The van der Waals surface area contributed by atoms with Crippen molar-refractivity contribution in [3.8, 4) is 0 Å². The minimum absolute atomic E-state index is 0.0314. The lowest BCUT2D eigenvalue weighted by molar-refractivity contribution is -0.126. The number of carbonyl (C=O) groups excluding carboxylic acids is 2. The molecular formula is C20H22N2O2. The van der Waals surface area contributed by atoms with E-state index in [0.29, 0.717) is 19.4 Å². The van der Waals surface area contributed by atoms with E-state index in [0.717, 1.165) is 16.8 Å². The van der Waals surface area contributed by atoms with E-state index in [2.05, 4.69) is 5.32 Å². The zero-order chi connectivity index (χ0) is 17.1. The number of rotatable bonds is 4. The van der Waals surface area contributed by atoms with Gasteiger partial charge in [-0.15, -0.1) is 0 Å². The standard InChI is InChI=1S/C20H22N2O2/c1-14-3-7-16(8-4-14)13-19(23)21-18-11-12-22(20(18)24)17-9-5-15(2)6-10-17/h3-10,18H,11-13H2,1-2H3,(H,21,23). The van der Waals surface area contributed by atoms with Crippen LogP contribution < -0.4 is 10.2 Å². The molecule has 1 heterocycles. The number of hydrogen-bond acceptors (Lipinski definition) is 2. The van der Waals surface area contributed by atoms with Gasteiger partial charge in [0.25, 0.3) is 0 Å². The summed E-state index contributed by atoms with van der Waals surface area (Å²) >= 11 is 0. The SMILES string of the molecule is Cc1ccc(CC(=O)NC2CCN(c3ccc(C)cc3)C2=O)cc1. The van der Waals surface area contributed by atoms with Crippen LogP contribution in [0, 0.1) is 13.8 Å². The van der Waals surface area contributed by atoms with E-state index in [-0.39, 0.29) is 11.8 Å². The maximum absolute atomic E-state index is 12.5. The normalized spacial score (nSPS) is 17.2. The van der Waals surface area contributed by atoms with Crippen LogP contribution >= 0.6 is 0 Å². The van der Waals surface area contributed by atoms with Gasteiger partial charge in [0.15, 0.2) is 0 Å². The maximum Gasteiger partial charge on any atom is 0.249 e. The van der Waals surface area contributed by atoms with Gasteiger partial charge in [0.2, 0.25) is 11.8 Å². The minimum Gasteiger partial charge on any atom is -0.344 e. The summed E-state index contributed by atoms with van der Waals surface area (Å²) in [6.07, 6.45) is 0.945. The van der Waals surface area contributed by atoms with Crippen molar-refractivity contribution < 1.29 is 9.59 Å². The number of carbonyl (C=O) groups is 2. The van der Waals surface area contributed by atoms with Gasteiger partial charge in [0.05, 0.1) is 6.42 Å². The lowest BCUT2D eigenvalue weighted by Gasteiger charge is -2.17. The minimum atomic E-state index is -0.427. The highest BCUT2D eigenvalue weighted by atomic mass is 16.2. The highest BCUT2D eigenvalue weighted by Crippen LogP contribution is 2.22. The number of nitrogens with one attached hydrogen (secondary N) is 1. The summed E-state index contributed by atoms with van der Waals surface area (Å²) in [5.41, 5.74) is 4.17. The largest absolute Gasteiger partial charge is 0.344 e. The molecule has 1 aliphatic rings. The first-order valence-corrected chi connectivity index (χ1v) is 8.26. The summed E-state index contributed by atoms with van der Waals surface area (Å²) in [5.74, 6) is -0.140. The Balaban J connectivity index is 1.60. The molecule has 24 heavy (non-hydrogen) atoms. The fourth-order valence-electron chi connectivity index (χ4n) is 2.93. The number of hydrogen-bond donors (Lipinski definition) is 1. The summed E-state index contributed by atoms with van der Waals surface area (Å²) < 4.78 is 0. The van der Waals surface area contributed by atoms with Crippen LogP contribution in [0.1, 0.15) is 23.1 Å². The third-order valence-electron chi connectivity index (χ3n) is 4.37. The van der Waals surface area contributed by atoms with Gasteiger partial charge >= 0.3 is 0 Å². The van der Waals surface area contributed by atoms with Gasteiger partial charge in [-0.25, -0.2) is 0 Å². The highest BCUT2D eigenvalue weighted by molar-refractivity contribution is 6.01. The van der Waals surface area contributed by atoms with Gasteiger partial charge in [-0.2, -0.15) is 0 Å². The summed E-state index contributed by atoms with van der Waals surface area (Å²) in [6.45, 7) is 4.67. The van der Waals surface area contributed by atoms with E-state index in [1.54, 1.807) is 4.90 Å². The second kappa shape index (κ2) is 6.87. The molecule has 4 nitrogen and oxygen atoms in total. The van der Waals surface area contributed by atoms with Crippen molar-refractivity contribution in [2.75, 3.05) is 11.4 Å². The van der Waals surface area contributed by atoms with Crippen LogP contribution in [0.5, 0.6) is 0 Å². The zero-order valence-electron chi connectivity index (χ0n) is 14.1. The van der Waals surface area contributed by atoms with Crippen LogP contribution in [0.3, 0.4) is 0 Å². The highest BCUT2D eigenvalue weighted by Gasteiger charge is 2.33. The Labute approximate surface area is 142 Å². The maximum atomic E-state index is 12.5. The third kappa shape index (κ3) is 3.65. The Morgan fingerprint density at radius 2 is 1.62 bits per heavy atom. The van der Waals surface area contributed by atoms with Crippen LogP contribution in [0.4, 0.5) is 5.69 Å². The third-order valence-corrected chi connectivity index (χ3v) is 4.37. The van der Waals surface area contributed by atoms with Crippen LogP contribution in [-0.4, -0.2) is 24.4 Å². The molecule has 0 spiro atoms. The molecule has 1 aliphatic heterocycles.